The van der Waals surface area contributed by atoms with Crippen molar-refractivity contribution in [3.8, 4) is 5.75 Å². The predicted octanol–water partition coefficient (Wildman–Crippen LogP) is 5.01. The molecule has 28 heavy (non-hydrogen) atoms. The lowest BCUT2D eigenvalue weighted by molar-refractivity contribution is 0.0680. The molecule has 0 aliphatic carbocycles. The average molecular weight is 397 g/mol. The Morgan fingerprint density at radius 2 is 2.18 bits per heavy atom. The summed E-state index contributed by atoms with van der Waals surface area (Å²) in [7, 11) is 0. The van der Waals surface area contributed by atoms with Gasteiger partial charge in [-0.2, -0.15) is 0 Å². The van der Waals surface area contributed by atoms with E-state index in [2.05, 4.69) is 10.3 Å². The minimum absolute atomic E-state index is 0.149. The molecule has 0 spiro atoms. The van der Waals surface area contributed by atoms with Gasteiger partial charge >= 0.3 is 0 Å². The molecule has 1 aromatic heterocycles. The Balaban J connectivity index is 1.49. The van der Waals surface area contributed by atoms with Gasteiger partial charge in [-0.3, -0.25) is 9.78 Å². The minimum Gasteiger partial charge on any atom is -0.491 e. The number of fused-ring (bicyclic) bond motifs is 1. The molecule has 6 heteroatoms. The number of nitrogens with zero attached hydrogens (tertiary/aromatic N) is 1. The molecule has 2 heterocycles. The number of anilines is 1. The van der Waals surface area contributed by atoms with E-state index >= 15 is 0 Å². The molecule has 4 rings (SSSR count). The number of hydrogen-bond donors (Lipinski definition) is 1. The van der Waals surface area contributed by atoms with Crippen LogP contribution in [-0.2, 0) is 4.74 Å². The Hall–Kier alpha value is -2.63. The van der Waals surface area contributed by atoms with E-state index in [-0.39, 0.29) is 12.0 Å². The topological polar surface area (TPSA) is 60.5 Å². The van der Waals surface area contributed by atoms with E-state index < -0.39 is 0 Å². The monoisotopic (exact) mass is 396 g/mol. The SMILES string of the molecule is Cc1nc2ccc(Cl)cc2cc1C(=O)Nc1cccc(OCC2CCCO2)c1. The lowest BCUT2D eigenvalue weighted by atomic mass is 10.1. The Morgan fingerprint density at radius 3 is 3.00 bits per heavy atom. The fourth-order valence-electron chi connectivity index (χ4n) is 3.30. The molecule has 1 fully saturated rings. The zero-order valence-electron chi connectivity index (χ0n) is 15.6. The van der Waals surface area contributed by atoms with Gasteiger partial charge in [0.1, 0.15) is 12.4 Å². The summed E-state index contributed by atoms with van der Waals surface area (Å²) >= 11 is 6.06. The van der Waals surface area contributed by atoms with Crippen LogP contribution < -0.4 is 10.1 Å². The maximum Gasteiger partial charge on any atom is 0.257 e. The Bertz CT molecular complexity index is 1020. The summed E-state index contributed by atoms with van der Waals surface area (Å²) in [5, 5.41) is 4.37. The fraction of sp³-hybridized carbons (Fsp3) is 0.273. The molecule has 0 bridgehead atoms. The summed E-state index contributed by atoms with van der Waals surface area (Å²) in [5.74, 6) is 0.483. The molecule has 1 unspecified atom stereocenters. The average Bonchev–Trinajstić information content (AvgIpc) is 3.20. The van der Waals surface area contributed by atoms with Gasteiger partial charge in [-0.05, 0) is 56.2 Å². The highest BCUT2D eigenvalue weighted by molar-refractivity contribution is 6.31. The Kier molecular flexibility index (Phi) is 5.46. The molecule has 0 radical (unpaired) electrons. The van der Waals surface area contributed by atoms with E-state index in [0.717, 1.165) is 30.4 Å². The number of ether oxygens (including phenoxy) is 2. The molecule has 2 aromatic carbocycles. The quantitative estimate of drug-likeness (QED) is 0.658. The summed E-state index contributed by atoms with van der Waals surface area (Å²) in [6.45, 7) is 3.14. The molecule has 1 saturated heterocycles. The maximum absolute atomic E-state index is 12.8. The van der Waals surface area contributed by atoms with Crippen LogP contribution in [0.5, 0.6) is 5.75 Å². The molecular weight excluding hydrogens is 376 g/mol. The maximum atomic E-state index is 12.8. The van der Waals surface area contributed by atoms with Gasteiger partial charge in [0.05, 0.1) is 22.9 Å². The van der Waals surface area contributed by atoms with Crippen LogP contribution in [0.25, 0.3) is 10.9 Å². The number of aromatic nitrogens is 1. The lowest BCUT2D eigenvalue weighted by Crippen LogP contribution is -2.17. The van der Waals surface area contributed by atoms with Crippen molar-refractivity contribution in [2.24, 2.45) is 0 Å². The van der Waals surface area contributed by atoms with Crippen LogP contribution >= 0.6 is 11.6 Å². The molecule has 1 aliphatic heterocycles. The number of hydrogen-bond acceptors (Lipinski definition) is 4. The van der Waals surface area contributed by atoms with Crippen molar-refractivity contribution < 1.29 is 14.3 Å². The molecule has 1 amide bonds. The highest BCUT2D eigenvalue weighted by Gasteiger charge is 2.16. The fourth-order valence-corrected chi connectivity index (χ4v) is 3.48. The zero-order valence-corrected chi connectivity index (χ0v) is 16.3. The highest BCUT2D eigenvalue weighted by Crippen LogP contribution is 2.23. The van der Waals surface area contributed by atoms with Gasteiger partial charge < -0.3 is 14.8 Å². The third-order valence-corrected chi connectivity index (χ3v) is 5.00. The summed E-state index contributed by atoms with van der Waals surface area (Å²) in [4.78, 5) is 17.3. The van der Waals surface area contributed by atoms with Crippen LogP contribution in [0.2, 0.25) is 5.02 Å². The molecular formula is C22H21ClN2O3. The minimum atomic E-state index is -0.219. The van der Waals surface area contributed by atoms with Crippen LogP contribution in [0.15, 0.2) is 48.5 Å². The molecule has 144 valence electrons. The molecule has 3 aromatic rings. The van der Waals surface area contributed by atoms with Gasteiger partial charge in [-0.1, -0.05) is 17.7 Å². The smallest absolute Gasteiger partial charge is 0.257 e. The molecule has 5 nitrogen and oxygen atoms in total. The van der Waals surface area contributed by atoms with E-state index in [1.807, 2.05) is 43.3 Å². The van der Waals surface area contributed by atoms with Gasteiger partial charge in [0, 0.05) is 28.8 Å². The normalized spacial score (nSPS) is 16.3. The molecule has 1 atom stereocenters. The van der Waals surface area contributed by atoms with Crippen molar-refractivity contribution in [2.45, 2.75) is 25.9 Å². The molecule has 1 aliphatic rings. The predicted molar refractivity (Wildman–Crippen MR) is 110 cm³/mol. The van der Waals surface area contributed by atoms with Gasteiger partial charge in [-0.25, -0.2) is 0 Å². The van der Waals surface area contributed by atoms with Gasteiger partial charge in [0.15, 0.2) is 0 Å². The second-order valence-electron chi connectivity index (χ2n) is 6.89. The van der Waals surface area contributed by atoms with Crippen molar-refractivity contribution in [2.75, 3.05) is 18.5 Å². The van der Waals surface area contributed by atoms with E-state index in [4.69, 9.17) is 21.1 Å². The molecule has 0 saturated carbocycles. The van der Waals surface area contributed by atoms with Crippen LogP contribution in [0.3, 0.4) is 0 Å². The first-order valence-corrected chi connectivity index (χ1v) is 9.69. The Labute approximate surface area is 168 Å². The Morgan fingerprint density at radius 1 is 1.29 bits per heavy atom. The number of halogens is 1. The second-order valence-corrected chi connectivity index (χ2v) is 7.32. The number of benzene rings is 2. The number of amides is 1. The van der Waals surface area contributed by atoms with Crippen molar-refractivity contribution in [3.63, 3.8) is 0 Å². The van der Waals surface area contributed by atoms with E-state index in [1.54, 1.807) is 12.1 Å². The first-order valence-electron chi connectivity index (χ1n) is 9.31. The molecule has 1 N–H and O–H groups in total. The van der Waals surface area contributed by atoms with Gasteiger partial charge in [-0.15, -0.1) is 0 Å². The first kappa shape index (κ1) is 18.7. The summed E-state index contributed by atoms with van der Waals surface area (Å²) in [5.41, 5.74) is 2.65. The largest absolute Gasteiger partial charge is 0.491 e. The summed E-state index contributed by atoms with van der Waals surface area (Å²) in [6, 6.07) is 14.6. The number of rotatable bonds is 5. The van der Waals surface area contributed by atoms with Gasteiger partial charge in [0.25, 0.3) is 5.91 Å². The number of carbonyl (C=O) groups excluding carboxylic acids is 1. The number of aryl methyl sites for hydroxylation is 1. The standard InChI is InChI=1S/C22H21ClN2O3/c1-14-20(11-15-10-16(23)7-8-21(15)24-14)22(26)25-17-4-2-5-18(12-17)28-13-19-6-3-9-27-19/h2,4-5,7-8,10-12,19H,3,6,9,13H2,1H3,(H,25,26). The van der Waals surface area contributed by atoms with Crippen molar-refractivity contribution in [3.05, 3.63) is 64.8 Å². The van der Waals surface area contributed by atoms with E-state index in [0.29, 0.717) is 34.3 Å². The number of nitrogens with one attached hydrogen (secondary N) is 1. The first-order chi connectivity index (χ1) is 13.6. The number of pyridine rings is 1. The highest BCUT2D eigenvalue weighted by atomic mass is 35.5. The van der Waals surface area contributed by atoms with Crippen molar-refractivity contribution >= 4 is 34.1 Å². The third-order valence-electron chi connectivity index (χ3n) is 4.76. The second kappa shape index (κ2) is 8.17. The zero-order chi connectivity index (χ0) is 19.5. The van der Waals surface area contributed by atoms with Crippen molar-refractivity contribution in [1.82, 2.24) is 4.98 Å². The summed E-state index contributed by atoms with van der Waals surface area (Å²) in [6.07, 6.45) is 2.25. The van der Waals surface area contributed by atoms with Gasteiger partial charge in [0.2, 0.25) is 0 Å². The van der Waals surface area contributed by atoms with Crippen LogP contribution in [0, 0.1) is 6.92 Å². The third kappa shape index (κ3) is 4.26. The van der Waals surface area contributed by atoms with Crippen molar-refractivity contribution in [1.29, 1.82) is 0 Å². The summed E-state index contributed by atoms with van der Waals surface area (Å²) < 4.78 is 11.4. The van der Waals surface area contributed by atoms with Crippen LogP contribution in [0.4, 0.5) is 5.69 Å². The lowest BCUT2D eigenvalue weighted by Gasteiger charge is -2.13. The van der Waals surface area contributed by atoms with E-state index in [1.165, 1.54) is 0 Å². The van der Waals surface area contributed by atoms with Crippen LogP contribution in [0.1, 0.15) is 28.9 Å². The number of carbonyl (C=O) groups is 1. The van der Waals surface area contributed by atoms with E-state index in [9.17, 15) is 4.79 Å². The van der Waals surface area contributed by atoms with Crippen LogP contribution in [-0.4, -0.2) is 30.2 Å².